The van der Waals surface area contributed by atoms with Crippen LogP contribution in [0.15, 0.2) is 53.8 Å². The van der Waals surface area contributed by atoms with Gasteiger partial charge in [-0.25, -0.2) is 23.7 Å². The van der Waals surface area contributed by atoms with Gasteiger partial charge in [0.05, 0.1) is 5.39 Å². The fourth-order valence-corrected chi connectivity index (χ4v) is 4.06. The second-order valence-electron chi connectivity index (χ2n) is 6.72. The van der Waals surface area contributed by atoms with Gasteiger partial charge in [-0.1, -0.05) is 6.07 Å². The van der Waals surface area contributed by atoms with Crippen LogP contribution >= 0.6 is 11.3 Å². The minimum Gasteiger partial charge on any atom is -0.264 e. The third kappa shape index (κ3) is 3.07. The number of nitrogens with zero attached hydrogens (tertiary/aromatic N) is 4. The van der Waals surface area contributed by atoms with Gasteiger partial charge in [0.2, 0.25) is 0 Å². The van der Waals surface area contributed by atoms with Crippen LogP contribution in [0, 0.1) is 18.6 Å². The lowest BCUT2D eigenvalue weighted by Crippen LogP contribution is -1.91. The topological polar surface area (TPSA) is 51.0 Å². The maximum atomic E-state index is 13.5. The summed E-state index contributed by atoms with van der Waals surface area (Å²) in [6.07, 6.45) is 4.14. The Kier molecular flexibility index (Phi) is 3.98. The quantitative estimate of drug-likeness (QED) is 0.456. The lowest BCUT2D eigenvalue weighted by molar-refractivity contribution is 0.507. The first-order valence-corrected chi connectivity index (χ1v) is 9.61. The van der Waals surface area contributed by atoms with Crippen LogP contribution in [0.5, 0.6) is 0 Å². The minimum absolute atomic E-state index is 0.00156. The zero-order valence-electron chi connectivity index (χ0n) is 14.9. The van der Waals surface area contributed by atoms with E-state index in [4.69, 9.17) is 4.99 Å². The van der Waals surface area contributed by atoms with Gasteiger partial charge in [0.1, 0.15) is 4.83 Å². The van der Waals surface area contributed by atoms with Gasteiger partial charge in [-0.3, -0.25) is 4.98 Å². The smallest absolute Gasteiger partial charge is 0.164 e. The predicted octanol–water partition coefficient (Wildman–Crippen LogP) is 5.60. The van der Waals surface area contributed by atoms with E-state index in [1.54, 1.807) is 29.8 Å². The summed E-state index contributed by atoms with van der Waals surface area (Å²) in [7, 11) is 0. The van der Waals surface area contributed by atoms with E-state index in [0.29, 0.717) is 18.1 Å². The van der Waals surface area contributed by atoms with Crippen LogP contribution in [0.4, 0.5) is 14.6 Å². The second-order valence-corrected chi connectivity index (χ2v) is 7.96. The summed E-state index contributed by atoms with van der Waals surface area (Å²) in [6.45, 7) is 2.02. The van der Waals surface area contributed by atoms with E-state index in [1.165, 1.54) is 6.07 Å². The van der Waals surface area contributed by atoms with E-state index in [0.717, 1.165) is 38.0 Å². The maximum Gasteiger partial charge on any atom is 0.164 e. The lowest BCUT2D eigenvalue weighted by atomic mass is 10.1. The van der Waals surface area contributed by atoms with Crippen molar-refractivity contribution in [2.24, 2.45) is 4.99 Å². The summed E-state index contributed by atoms with van der Waals surface area (Å²) in [5.74, 6) is -0.488. The van der Waals surface area contributed by atoms with Gasteiger partial charge in [0.15, 0.2) is 23.3 Å². The van der Waals surface area contributed by atoms with Crippen LogP contribution < -0.4 is 0 Å². The molecule has 0 saturated heterocycles. The molecule has 0 amide bonds. The number of aromatic nitrogens is 3. The van der Waals surface area contributed by atoms with Crippen LogP contribution in [0.1, 0.15) is 22.8 Å². The maximum absolute atomic E-state index is 13.5. The zero-order chi connectivity index (χ0) is 19.3. The molecule has 1 aromatic carbocycles. The van der Waals surface area contributed by atoms with Crippen molar-refractivity contribution in [2.75, 3.05) is 0 Å². The first-order valence-electron chi connectivity index (χ1n) is 8.79. The van der Waals surface area contributed by atoms with Gasteiger partial charge in [-0.05, 0) is 49.2 Å². The molecular formula is C21H14F2N4S. The zero-order valence-corrected chi connectivity index (χ0v) is 15.7. The van der Waals surface area contributed by atoms with Crippen molar-refractivity contribution < 1.29 is 8.78 Å². The number of fused-ring (bicyclic) bond motifs is 1. The van der Waals surface area contributed by atoms with Crippen LogP contribution in [0.2, 0.25) is 0 Å². The van der Waals surface area contributed by atoms with Crippen molar-refractivity contribution >= 4 is 33.1 Å². The molecule has 0 unspecified atom stereocenters. The Morgan fingerprint density at radius 2 is 2.00 bits per heavy atom. The molecule has 0 aliphatic heterocycles. The van der Waals surface area contributed by atoms with Gasteiger partial charge in [-0.2, -0.15) is 0 Å². The number of hydrogen-bond acceptors (Lipinski definition) is 5. The summed E-state index contributed by atoms with van der Waals surface area (Å²) in [5.41, 5.74) is 2.47. The summed E-state index contributed by atoms with van der Waals surface area (Å²) in [5, 5.41) is 0.901. The van der Waals surface area contributed by atoms with Crippen molar-refractivity contribution in [1.29, 1.82) is 0 Å². The Morgan fingerprint density at radius 1 is 1.11 bits per heavy atom. The Morgan fingerprint density at radius 3 is 2.79 bits per heavy atom. The minimum atomic E-state index is -0.838. The standard InChI is InChI=1S/C21H14F2N4S/c1-11-7-15-20(25-18-9-14(18)12-4-5-16(22)17(23)8-12)26-19(27-21(15)28-11)13-3-2-6-24-10-13/h2-8,10,14H,9H2,1H3/b25-18-/t14-/m0/s1. The van der Waals surface area contributed by atoms with E-state index in [1.807, 2.05) is 25.1 Å². The molecule has 138 valence electrons. The van der Waals surface area contributed by atoms with Gasteiger partial charge < -0.3 is 0 Å². The molecular weight excluding hydrogens is 378 g/mol. The number of thiophene rings is 1. The molecule has 1 atom stereocenters. The Hall–Kier alpha value is -3.06. The lowest BCUT2D eigenvalue weighted by Gasteiger charge is -2.02. The molecule has 3 aromatic heterocycles. The van der Waals surface area contributed by atoms with E-state index >= 15 is 0 Å². The first-order chi connectivity index (χ1) is 13.6. The molecule has 0 bridgehead atoms. The highest BCUT2D eigenvalue weighted by atomic mass is 32.1. The molecule has 0 N–H and O–H groups in total. The molecule has 4 nitrogen and oxygen atoms in total. The Bertz CT molecular complexity index is 1230. The molecule has 4 aromatic rings. The third-order valence-corrected chi connectivity index (χ3v) is 5.61. The van der Waals surface area contributed by atoms with E-state index in [-0.39, 0.29) is 5.92 Å². The number of benzene rings is 1. The number of hydrogen-bond donors (Lipinski definition) is 0. The van der Waals surface area contributed by atoms with Gasteiger partial charge in [0, 0.05) is 34.5 Å². The molecule has 3 heterocycles. The first kappa shape index (κ1) is 17.1. The van der Waals surface area contributed by atoms with E-state index in [9.17, 15) is 8.78 Å². The van der Waals surface area contributed by atoms with Crippen molar-refractivity contribution in [1.82, 2.24) is 15.0 Å². The van der Waals surface area contributed by atoms with E-state index < -0.39 is 11.6 Å². The van der Waals surface area contributed by atoms with Gasteiger partial charge >= 0.3 is 0 Å². The van der Waals surface area contributed by atoms with Crippen molar-refractivity contribution in [3.8, 4) is 11.4 Å². The van der Waals surface area contributed by atoms with E-state index in [2.05, 4.69) is 15.0 Å². The number of rotatable bonds is 3. The molecule has 1 aliphatic carbocycles. The second kappa shape index (κ2) is 6.53. The molecule has 1 fully saturated rings. The Balaban J connectivity index is 1.57. The Labute approximate surface area is 163 Å². The van der Waals surface area contributed by atoms with Crippen molar-refractivity contribution in [3.05, 3.63) is 70.9 Å². The highest BCUT2D eigenvalue weighted by Gasteiger charge is 2.34. The van der Waals surface area contributed by atoms with Gasteiger partial charge in [-0.15, -0.1) is 11.3 Å². The van der Waals surface area contributed by atoms with Gasteiger partial charge in [0.25, 0.3) is 0 Å². The highest BCUT2D eigenvalue weighted by molar-refractivity contribution is 7.18. The molecule has 1 aliphatic rings. The van der Waals surface area contributed by atoms with Crippen molar-refractivity contribution in [3.63, 3.8) is 0 Å². The van der Waals surface area contributed by atoms with Crippen LogP contribution in [0.3, 0.4) is 0 Å². The number of aryl methyl sites for hydroxylation is 1. The summed E-state index contributed by atoms with van der Waals surface area (Å²) >= 11 is 1.59. The SMILES string of the molecule is Cc1cc2c(/N=C3/C[C@H]3c3ccc(F)c(F)c3)nc(-c3cccnc3)nc2s1. The highest BCUT2D eigenvalue weighted by Crippen LogP contribution is 2.41. The number of halogens is 2. The third-order valence-electron chi connectivity index (χ3n) is 4.67. The number of aliphatic imine (C=N–C) groups is 1. The van der Waals surface area contributed by atoms with Crippen LogP contribution in [-0.4, -0.2) is 20.7 Å². The monoisotopic (exact) mass is 392 g/mol. The largest absolute Gasteiger partial charge is 0.264 e. The normalized spacial score (nSPS) is 17.4. The molecule has 5 rings (SSSR count). The molecule has 0 radical (unpaired) electrons. The average Bonchev–Trinajstić information content (AvgIpc) is 3.35. The summed E-state index contributed by atoms with van der Waals surface area (Å²) < 4.78 is 26.7. The summed E-state index contributed by atoms with van der Waals surface area (Å²) in [4.78, 5) is 20.2. The van der Waals surface area contributed by atoms with Crippen LogP contribution in [0.25, 0.3) is 21.6 Å². The molecule has 0 spiro atoms. The average molecular weight is 392 g/mol. The molecule has 28 heavy (non-hydrogen) atoms. The number of pyridine rings is 1. The fourth-order valence-electron chi connectivity index (χ4n) is 3.19. The van der Waals surface area contributed by atoms with Crippen LogP contribution in [-0.2, 0) is 0 Å². The predicted molar refractivity (Wildman–Crippen MR) is 106 cm³/mol. The molecule has 1 saturated carbocycles. The molecule has 7 heteroatoms. The van der Waals surface area contributed by atoms with Crippen molar-refractivity contribution in [2.45, 2.75) is 19.3 Å². The fraction of sp³-hybridized carbons (Fsp3) is 0.143. The summed E-state index contributed by atoms with van der Waals surface area (Å²) in [6, 6.07) is 9.79.